The molecule has 0 aromatic heterocycles. The number of aliphatic hydroxyl groups excluding tert-OH is 1. The fourth-order valence-electron chi connectivity index (χ4n) is 4.05. The fourth-order valence-corrected chi connectivity index (χ4v) is 4.05. The Hall–Kier alpha value is -2.61. The molecule has 8 heteroatoms. The van der Waals surface area contributed by atoms with E-state index >= 15 is 0 Å². The number of aliphatic hydroxyl groups is 1. The molecule has 0 radical (unpaired) electrons. The molecular weight excluding hydrogens is 458 g/mol. The second-order valence-corrected chi connectivity index (χ2v) is 10.5. The van der Waals surface area contributed by atoms with E-state index in [2.05, 4.69) is 24.5 Å². The molecule has 3 unspecified atom stereocenters. The van der Waals surface area contributed by atoms with Crippen LogP contribution in [0.25, 0.3) is 0 Å². The summed E-state index contributed by atoms with van der Waals surface area (Å²) in [5.74, 6) is -0.802. The van der Waals surface area contributed by atoms with Crippen molar-refractivity contribution in [2.24, 2.45) is 0 Å². The first kappa shape index (κ1) is 31.4. The second kappa shape index (κ2) is 15.5. The lowest BCUT2D eigenvalue weighted by atomic mass is 9.99. The molecule has 3 atom stereocenters. The molecule has 0 bridgehead atoms. The lowest BCUT2D eigenvalue weighted by Crippen LogP contribution is -2.55. The number of unbranched alkanes of at least 4 members (excludes halogenated alkanes) is 3. The largest absolute Gasteiger partial charge is 0.444 e. The Kier molecular flexibility index (Phi) is 13.5. The first-order chi connectivity index (χ1) is 16.9. The monoisotopic (exact) mass is 505 g/mol. The number of ether oxygens (including phenoxy) is 1. The highest BCUT2D eigenvalue weighted by Gasteiger charge is 2.36. The van der Waals surface area contributed by atoms with Crippen LogP contribution >= 0.6 is 0 Å². The highest BCUT2D eigenvalue weighted by Crippen LogP contribution is 2.25. The Morgan fingerprint density at radius 2 is 1.75 bits per heavy atom. The summed E-state index contributed by atoms with van der Waals surface area (Å²) in [4.78, 5) is 41.3. The number of benzene rings is 1. The van der Waals surface area contributed by atoms with E-state index in [1.165, 1.54) is 4.90 Å². The van der Waals surface area contributed by atoms with E-state index in [1.54, 1.807) is 20.8 Å². The minimum Gasteiger partial charge on any atom is -0.444 e. The smallest absolute Gasteiger partial charge is 0.408 e. The van der Waals surface area contributed by atoms with Crippen molar-refractivity contribution in [1.29, 1.82) is 0 Å². The van der Waals surface area contributed by atoms with E-state index in [9.17, 15) is 19.5 Å². The Labute approximate surface area is 217 Å². The zero-order valence-electron chi connectivity index (χ0n) is 23.2. The van der Waals surface area contributed by atoms with Gasteiger partial charge in [0.1, 0.15) is 17.7 Å². The summed E-state index contributed by atoms with van der Waals surface area (Å²) in [5.41, 5.74) is 0.900. The van der Waals surface area contributed by atoms with Gasteiger partial charge in [-0.05, 0) is 53.0 Å². The Bertz CT molecular complexity index is 837. The van der Waals surface area contributed by atoms with E-state index in [1.807, 2.05) is 38.1 Å². The molecule has 0 spiro atoms. The van der Waals surface area contributed by atoms with Crippen LogP contribution in [-0.4, -0.2) is 58.8 Å². The normalized spacial score (nSPS) is 13.9. The van der Waals surface area contributed by atoms with Gasteiger partial charge in [-0.15, -0.1) is 0 Å². The van der Waals surface area contributed by atoms with Crippen molar-refractivity contribution in [3.63, 3.8) is 0 Å². The van der Waals surface area contributed by atoms with Crippen LogP contribution in [0.2, 0.25) is 0 Å². The van der Waals surface area contributed by atoms with Crippen molar-refractivity contribution in [2.75, 3.05) is 13.2 Å². The lowest BCUT2D eigenvalue weighted by molar-refractivity contribution is -0.143. The summed E-state index contributed by atoms with van der Waals surface area (Å²) in [6, 6.07) is 5.35. The first-order valence-electron chi connectivity index (χ1n) is 13.2. The third kappa shape index (κ3) is 11.0. The van der Waals surface area contributed by atoms with E-state index in [-0.39, 0.29) is 11.9 Å². The summed E-state index contributed by atoms with van der Waals surface area (Å²) >= 11 is 0. The predicted molar refractivity (Wildman–Crippen MR) is 143 cm³/mol. The maximum absolute atomic E-state index is 13.8. The summed E-state index contributed by atoms with van der Waals surface area (Å²) in [7, 11) is 0. The number of rotatable bonds is 14. The van der Waals surface area contributed by atoms with E-state index in [0.29, 0.717) is 18.5 Å². The van der Waals surface area contributed by atoms with Gasteiger partial charge in [0, 0.05) is 12.6 Å². The van der Waals surface area contributed by atoms with Gasteiger partial charge in [-0.1, -0.05) is 69.4 Å². The lowest BCUT2D eigenvalue weighted by Gasteiger charge is -2.35. The van der Waals surface area contributed by atoms with Crippen molar-refractivity contribution < 1.29 is 24.2 Å². The van der Waals surface area contributed by atoms with Gasteiger partial charge in [-0.3, -0.25) is 9.59 Å². The molecule has 0 fully saturated rings. The summed E-state index contributed by atoms with van der Waals surface area (Å²) < 4.78 is 5.29. The zero-order chi connectivity index (χ0) is 27.3. The molecule has 1 rings (SSSR count). The highest BCUT2D eigenvalue weighted by atomic mass is 16.6. The summed E-state index contributed by atoms with van der Waals surface area (Å²) in [6.07, 6.45) is 4.58. The van der Waals surface area contributed by atoms with Crippen molar-refractivity contribution in [1.82, 2.24) is 15.5 Å². The first-order valence-corrected chi connectivity index (χ1v) is 13.2. The topological polar surface area (TPSA) is 108 Å². The summed E-state index contributed by atoms with van der Waals surface area (Å²) in [5, 5.41) is 15.6. The number of nitrogens with zero attached hydrogens (tertiary/aromatic N) is 1. The average molecular weight is 506 g/mol. The SMILES string of the molecule is CCCCCCN(C(=O)C(CO)NC(=O)OC(C)(C)C)C(C(=O)NC(C)CCC)c1cccc(C)c1. The third-order valence-electron chi connectivity index (χ3n) is 5.74. The summed E-state index contributed by atoms with van der Waals surface area (Å²) in [6.45, 7) is 12.9. The van der Waals surface area contributed by atoms with Crippen LogP contribution in [0.15, 0.2) is 24.3 Å². The number of hydrogen-bond donors (Lipinski definition) is 3. The Morgan fingerprint density at radius 3 is 2.31 bits per heavy atom. The molecule has 1 aromatic carbocycles. The molecule has 3 amide bonds. The molecule has 0 aliphatic rings. The van der Waals surface area contributed by atoms with Crippen LogP contribution < -0.4 is 10.6 Å². The molecule has 1 aromatic rings. The number of amides is 3. The zero-order valence-corrected chi connectivity index (χ0v) is 23.2. The minimum atomic E-state index is -1.24. The molecule has 0 aliphatic heterocycles. The van der Waals surface area contributed by atoms with Gasteiger partial charge in [-0.25, -0.2) is 4.79 Å². The van der Waals surface area contributed by atoms with Gasteiger partial charge in [0.05, 0.1) is 6.61 Å². The van der Waals surface area contributed by atoms with Crippen molar-refractivity contribution >= 4 is 17.9 Å². The van der Waals surface area contributed by atoms with Crippen molar-refractivity contribution in [2.45, 2.75) is 111 Å². The van der Waals surface area contributed by atoms with Crippen LogP contribution in [0.1, 0.15) is 97.2 Å². The molecule has 0 saturated carbocycles. The predicted octanol–water partition coefficient (Wildman–Crippen LogP) is 4.64. The standard InChI is InChI=1S/C28H47N3O5/c1-8-10-11-12-17-31(26(34)23(19-32)30-27(35)36-28(5,6)7)24(22-16-13-15-20(3)18-22)25(33)29-21(4)14-9-2/h13,15-16,18,21,23-24,32H,8-12,14,17,19H2,1-7H3,(H,29,33)(H,30,35). The molecule has 0 saturated heterocycles. The van der Waals surface area contributed by atoms with E-state index < -0.39 is 36.3 Å². The Morgan fingerprint density at radius 1 is 1.06 bits per heavy atom. The maximum Gasteiger partial charge on any atom is 0.408 e. The van der Waals surface area contributed by atoms with Gasteiger partial charge in [0.15, 0.2) is 0 Å². The number of hydrogen-bond acceptors (Lipinski definition) is 5. The van der Waals surface area contributed by atoms with Gasteiger partial charge in [0.2, 0.25) is 11.8 Å². The maximum atomic E-state index is 13.8. The number of carbonyl (C=O) groups is 3. The van der Waals surface area contributed by atoms with Gasteiger partial charge >= 0.3 is 6.09 Å². The molecule has 204 valence electrons. The third-order valence-corrected chi connectivity index (χ3v) is 5.74. The van der Waals surface area contributed by atoms with Crippen molar-refractivity contribution in [3.8, 4) is 0 Å². The van der Waals surface area contributed by atoms with Crippen LogP contribution in [-0.2, 0) is 14.3 Å². The second-order valence-electron chi connectivity index (χ2n) is 10.5. The van der Waals surface area contributed by atoms with Crippen molar-refractivity contribution in [3.05, 3.63) is 35.4 Å². The van der Waals surface area contributed by atoms with E-state index in [4.69, 9.17) is 4.74 Å². The van der Waals surface area contributed by atoms with Crippen LogP contribution in [0.5, 0.6) is 0 Å². The fraction of sp³-hybridized carbons (Fsp3) is 0.679. The number of carbonyl (C=O) groups excluding carboxylic acids is 3. The van der Waals surface area contributed by atoms with Gasteiger partial charge in [-0.2, -0.15) is 0 Å². The number of alkyl carbamates (subject to hydrolysis) is 1. The molecular formula is C28H47N3O5. The highest BCUT2D eigenvalue weighted by molar-refractivity contribution is 5.92. The number of aryl methyl sites for hydroxylation is 1. The van der Waals surface area contributed by atoms with E-state index in [0.717, 1.165) is 37.7 Å². The molecule has 0 heterocycles. The molecule has 3 N–H and O–H groups in total. The quantitative estimate of drug-likeness (QED) is 0.319. The van der Waals surface area contributed by atoms with Gasteiger partial charge < -0.3 is 25.4 Å². The Balaban J connectivity index is 3.38. The van der Waals surface area contributed by atoms with Crippen LogP contribution in [0, 0.1) is 6.92 Å². The van der Waals surface area contributed by atoms with Gasteiger partial charge in [0.25, 0.3) is 0 Å². The van der Waals surface area contributed by atoms with Crippen LogP contribution in [0.4, 0.5) is 4.79 Å². The molecule has 8 nitrogen and oxygen atoms in total. The van der Waals surface area contributed by atoms with Crippen LogP contribution in [0.3, 0.4) is 0 Å². The minimum absolute atomic E-state index is 0.0552. The average Bonchev–Trinajstić information content (AvgIpc) is 2.77. The molecule has 0 aliphatic carbocycles. The number of nitrogens with one attached hydrogen (secondary N) is 2. The molecule has 36 heavy (non-hydrogen) atoms.